The lowest BCUT2D eigenvalue weighted by molar-refractivity contribution is 0.334. The second-order valence-corrected chi connectivity index (χ2v) is 5.62. The number of hydrogen-bond donors (Lipinski definition) is 0. The van der Waals surface area contributed by atoms with Crippen LogP contribution in [0.15, 0.2) is 42.5 Å². The minimum atomic E-state index is -0.0847. The summed E-state index contributed by atoms with van der Waals surface area (Å²) in [6.45, 7) is 0.745. The van der Waals surface area contributed by atoms with Crippen LogP contribution in [0, 0.1) is 11.5 Å². The molecule has 0 bridgehead atoms. The molecule has 0 saturated carbocycles. The van der Waals surface area contributed by atoms with E-state index >= 15 is 0 Å². The smallest absolute Gasteiger partial charge is 0.180 e. The lowest BCUT2D eigenvalue weighted by atomic mass is 9.92. The first-order valence-corrected chi connectivity index (χ1v) is 7.74. The van der Waals surface area contributed by atoms with E-state index in [0.29, 0.717) is 5.75 Å². The van der Waals surface area contributed by atoms with E-state index < -0.39 is 0 Å². The predicted molar refractivity (Wildman–Crippen MR) is 88.5 cm³/mol. The van der Waals surface area contributed by atoms with Crippen molar-refractivity contribution in [1.29, 1.82) is 5.26 Å². The third-order valence-corrected chi connectivity index (χ3v) is 4.34. The van der Waals surface area contributed by atoms with Crippen molar-refractivity contribution in [3.8, 4) is 17.7 Å². The maximum absolute atomic E-state index is 9.62. The van der Waals surface area contributed by atoms with Crippen LogP contribution in [0.1, 0.15) is 29.2 Å². The van der Waals surface area contributed by atoms with Crippen LogP contribution in [0.3, 0.4) is 0 Å². The fourth-order valence-electron chi connectivity index (χ4n) is 3.25. The Labute approximate surface area is 136 Å². The van der Waals surface area contributed by atoms with Gasteiger partial charge in [0.1, 0.15) is 0 Å². The fraction of sp³-hybridized carbons (Fsp3) is 0.316. The number of fused-ring (bicyclic) bond motifs is 1. The van der Waals surface area contributed by atoms with Gasteiger partial charge in [0.25, 0.3) is 0 Å². The van der Waals surface area contributed by atoms with Gasteiger partial charge in [0.05, 0.1) is 20.3 Å². The monoisotopic (exact) mass is 308 g/mol. The Bertz CT molecular complexity index is 722. The topological polar surface area (TPSA) is 45.5 Å². The minimum absolute atomic E-state index is 0.0847. The maximum Gasteiger partial charge on any atom is 0.180 e. The molecule has 3 rings (SSSR count). The average Bonchev–Trinajstić information content (AvgIpc) is 2.79. The van der Waals surface area contributed by atoms with E-state index in [9.17, 15) is 5.26 Å². The van der Waals surface area contributed by atoms with Crippen molar-refractivity contribution in [1.82, 2.24) is 4.90 Å². The van der Waals surface area contributed by atoms with Crippen molar-refractivity contribution in [3.63, 3.8) is 0 Å². The fourth-order valence-corrected chi connectivity index (χ4v) is 3.25. The van der Waals surface area contributed by atoms with E-state index in [2.05, 4.69) is 18.3 Å². The highest BCUT2D eigenvalue weighted by molar-refractivity contribution is 5.51. The number of nitriles is 1. The Balaban J connectivity index is 2.19. The summed E-state index contributed by atoms with van der Waals surface area (Å²) in [4.78, 5) is 1.85. The molecule has 0 radical (unpaired) electrons. The van der Waals surface area contributed by atoms with Gasteiger partial charge in [-0.1, -0.05) is 30.3 Å². The molecule has 1 aliphatic rings. The molecule has 1 unspecified atom stereocenters. The highest BCUT2D eigenvalue weighted by Gasteiger charge is 2.28. The number of rotatable bonds is 3. The van der Waals surface area contributed by atoms with Crippen molar-refractivity contribution in [2.75, 3.05) is 20.8 Å². The van der Waals surface area contributed by atoms with E-state index in [4.69, 9.17) is 9.47 Å². The van der Waals surface area contributed by atoms with Crippen LogP contribution < -0.4 is 9.47 Å². The zero-order valence-corrected chi connectivity index (χ0v) is 13.5. The quantitative estimate of drug-likeness (QED) is 0.814. The molecule has 0 amide bonds. The molecule has 0 aromatic heterocycles. The van der Waals surface area contributed by atoms with Crippen LogP contribution in [0.2, 0.25) is 0 Å². The molecule has 2 aromatic rings. The van der Waals surface area contributed by atoms with Crippen LogP contribution in [-0.2, 0) is 6.42 Å². The summed E-state index contributed by atoms with van der Waals surface area (Å²) in [6, 6.07) is 14.1. The van der Waals surface area contributed by atoms with Crippen LogP contribution in [0.25, 0.3) is 0 Å². The van der Waals surface area contributed by atoms with Gasteiger partial charge in [0, 0.05) is 6.54 Å². The van der Waals surface area contributed by atoms with E-state index in [1.807, 2.05) is 35.2 Å². The molecule has 1 aliphatic heterocycles. The number of aryl methyl sites for hydroxylation is 1. The van der Waals surface area contributed by atoms with Crippen LogP contribution in [0.4, 0.5) is 0 Å². The van der Waals surface area contributed by atoms with Gasteiger partial charge in [-0.3, -0.25) is 4.90 Å². The minimum Gasteiger partial charge on any atom is -0.493 e. The van der Waals surface area contributed by atoms with Crippen LogP contribution >= 0.6 is 0 Å². The lowest BCUT2D eigenvalue weighted by Crippen LogP contribution is -2.25. The first-order chi connectivity index (χ1) is 11.3. The molecule has 23 heavy (non-hydrogen) atoms. The zero-order chi connectivity index (χ0) is 16.2. The predicted octanol–water partition coefficient (Wildman–Crippen LogP) is 3.52. The Morgan fingerprint density at radius 3 is 2.43 bits per heavy atom. The Morgan fingerprint density at radius 1 is 1.09 bits per heavy atom. The van der Waals surface area contributed by atoms with Gasteiger partial charge in [-0.15, -0.1) is 0 Å². The summed E-state index contributed by atoms with van der Waals surface area (Å²) < 4.78 is 10.9. The Hall–Kier alpha value is -2.67. The SMILES string of the molecule is COc1cc2c(cc1OC)C(c1ccccc1)N(C#N)CCC2. The molecular formula is C19H20N2O2. The van der Waals surface area contributed by atoms with Crippen molar-refractivity contribution in [3.05, 3.63) is 59.2 Å². The first-order valence-electron chi connectivity index (χ1n) is 7.74. The lowest BCUT2D eigenvalue weighted by Gasteiger charge is -2.27. The zero-order valence-electron chi connectivity index (χ0n) is 13.5. The molecule has 0 saturated heterocycles. The summed E-state index contributed by atoms with van der Waals surface area (Å²) in [5.41, 5.74) is 3.45. The van der Waals surface area contributed by atoms with E-state index in [-0.39, 0.29) is 6.04 Å². The highest BCUT2D eigenvalue weighted by Crippen LogP contribution is 2.39. The number of ether oxygens (including phenoxy) is 2. The molecule has 1 atom stereocenters. The molecule has 0 N–H and O–H groups in total. The van der Waals surface area contributed by atoms with Crippen molar-refractivity contribution >= 4 is 0 Å². The molecule has 118 valence electrons. The number of benzene rings is 2. The van der Waals surface area contributed by atoms with Gasteiger partial charge in [-0.25, -0.2) is 0 Å². The average molecular weight is 308 g/mol. The molecule has 0 spiro atoms. The molecule has 4 nitrogen and oxygen atoms in total. The van der Waals surface area contributed by atoms with E-state index in [1.54, 1.807) is 14.2 Å². The van der Waals surface area contributed by atoms with Crippen molar-refractivity contribution in [2.24, 2.45) is 0 Å². The van der Waals surface area contributed by atoms with Gasteiger partial charge in [0.15, 0.2) is 17.7 Å². The third-order valence-electron chi connectivity index (χ3n) is 4.34. The van der Waals surface area contributed by atoms with Gasteiger partial charge in [-0.2, -0.15) is 5.26 Å². The molecule has 2 aromatic carbocycles. The molecule has 0 aliphatic carbocycles. The number of hydrogen-bond acceptors (Lipinski definition) is 4. The molecular weight excluding hydrogens is 288 g/mol. The van der Waals surface area contributed by atoms with Crippen LogP contribution in [0.5, 0.6) is 11.5 Å². The Morgan fingerprint density at radius 2 is 1.78 bits per heavy atom. The van der Waals surface area contributed by atoms with Gasteiger partial charge in [0.2, 0.25) is 0 Å². The summed E-state index contributed by atoms with van der Waals surface area (Å²) in [6.07, 6.45) is 4.23. The summed E-state index contributed by atoms with van der Waals surface area (Å²) >= 11 is 0. The normalized spacial score (nSPS) is 16.9. The third kappa shape index (κ3) is 2.83. The second kappa shape index (κ2) is 6.62. The van der Waals surface area contributed by atoms with Crippen molar-refractivity contribution in [2.45, 2.75) is 18.9 Å². The maximum atomic E-state index is 9.62. The summed E-state index contributed by atoms with van der Waals surface area (Å²) in [5, 5.41) is 9.62. The molecule has 1 heterocycles. The largest absolute Gasteiger partial charge is 0.493 e. The second-order valence-electron chi connectivity index (χ2n) is 5.62. The van der Waals surface area contributed by atoms with Gasteiger partial charge in [-0.05, 0) is 41.7 Å². The summed E-state index contributed by atoms with van der Waals surface area (Å²) in [5.74, 6) is 1.44. The van der Waals surface area contributed by atoms with Crippen LogP contribution in [-0.4, -0.2) is 25.7 Å². The molecule has 4 heteroatoms. The van der Waals surface area contributed by atoms with E-state index in [1.165, 1.54) is 5.56 Å². The summed E-state index contributed by atoms with van der Waals surface area (Å²) in [7, 11) is 3.29. The Kier molecular flexibility index (Phi) is 4.38. The van der Waals surface area contributed by atoms with Gasteiger partial charge < -0.3 is 9.47 Å². The first kappa shape index (κ1) is 15.2. The number of methoxy groups -OCH3 is 2. The van der Waals surface area contributed by atoms with E-state index in [0.717, 1.165) is 36.3 Å². The van der Waals surface area contributed by atoms with Gasteiger partial charge >= 0.3 is 0 Å². The van der Waals surface area contributed by atoms with Crippen molar-refractivity contribution < 1.29 is 9.47 Å². The number of nitrogens with zero attached hydrogens (tertiary/aromatic N) is 2. The standard InChI is InChI=1S/C19H20N2O2/c1-22-17-11-15-9-6-10-21(13-20)19(14-7-4-3-5-8-14)16(15)12-18(17)23-2/h3-5,7-8,11-12,19H,6,9-10H2,1-2H3. The molecule has 0 fully saturated rings. The highest BCUT2D eigenvalue weighted by atomic mass is 16.5.